The van der Waals surface area contributed by atoms with Crippen LogP contribution in [0.2, 0.25) is 0 Å². The Bertz CT molecular complexity index is 695. The lowest BCUT2D eigenvalue weighted by atomic mass is 9.85. The molecule has 2 N–H and O–H groups in total. The van der Waals surface area contributed by atoms with E-state index in [9.17, 15) is 19.8 Å². The first-order valence-electron chi connectivity index (χ1n) is 13.6. The van der Waals surface area contributed by atoms with Gasteiger partial charge >= 0.3 is 11.9 Å². The lowest BCUT2D eigenvalue weighted by Crippen LogP contribution is -2.15. The van der Waals surface area contributed by atoms with Gasteiger partial charge in [0.15, 0.2) is 0 Å². The summed E-state index contributed by atoms with van der Waals surface area (Å²) in [6, 6.07) is 3.29. The number of carbonyl (C=O) groups is 2. The van der Waals surface area contributed by atoms with Crippen LogP contribution < -0.4 is 0 Å². The molecule has 0 radical (unpaired) electrons. The fraction of sp³-hybridized carbons (Fsp3) is 0.724. The van der Waals surface area contributed by atoms with Crippen LogP contribution in [0.25, 0.3) is 0 Å². The average Bonchev–Trinajstić information content (AvgIpc) is 2.80. The number of hydrogen-bond donors (Lipinski definition) is 2. The lowest BCUT2D eigenvalue weighted by Gasteiger charge is -2.19. The summed E-state index contributed by atoms with van der Waals surface area (Å²) >= 11 is 0. The van der Waals surface area contributed by atoms with Gasteiger partial charge in [0.25, 0.3) is 0 Å². The third kappa shape index (κ3) is 11.2. The van der Waals surface area contributed by atoms with Gasteiger partial charge in [-0.05, 0) is 42.4 Å². The summed E-state index contributed by atoms with van der Waals surface area (Å²) in [7, 11) is 0. The molecular weight excluding hydrogens is 412 g/mol. The highest BCUT2D eigenvalue weighted by Gasteiger charge is 2.24. The number of aromatic carboxylic acids is 2. The molecule has 0 amide bonds. The van der Waals surface area contributed by atoms with Gasteiger partial charge in [-0.1, -0.05) is 117 Å². The minimum absolute atomic E-state index is 0.00864. The van der Waals surface area contributed by atoms with Gasteiger partial charge in [0, 0.05) is 0 Å². The van der Waals surface area contributed by atoms with E-state index in [1.165, 1.54) is 83.1 Å². The largest absolute Gasteiger partial charge is 0.478 e. The highest BCUT2D eigenvalue weighted by atomic mass is 16.4. The minimum atomic E-state index is -1.17. The van der Waals surface area contributed by atoms with Crippen molar-refractivity contribution in [3.63, 3.8) is 0 Å². The predicted octanol–water partition coefficient (Wildman–Crippen LogP) is 9.01. The molecular formula is C29H48O4. The molecule has 0 aliphatic heterocycles. The number of benzene rings is 1. The zero-order valence-corrected chi connectivity index (χ0v) is 21.5. The van der Waals surface area contributed by atoms with Crippen LogP contribution in [-0.4, -0.2) is 22.2 Å². The topological polar surface area (TPSA) is 74.6 Å². The fourth-order valence-electron chi connectivity index (χ4n) is 4.71. The molecule has 0 aliphatic carbocycles. The van der Waals surface area contributed by atoms with Crippen LogP contribution in [0.3, 0.4) is 0 Å². The van der Waals surface area contributed by atoms with Crippen molar-refractivity contribution in [1.82, 2.24) is 0 Å². The van der Waals surface area contributed by atoms with Crippen LogP contribution in [0.4, 0.5) is 0 Å². The van der Waals surface area contributed by atoms with Gasteiger partial charge < -0.3 is 10.2 Å². The summed E-state index contributed by atoms with van der Waals surface area (Å²) in [6.45, 7) is 6.42. The molecule has 4 heteroatoms. The van der Waals surface area contributed by atoms with Crippen molar-refractivity contribution >= 4 is 11.9 Å². The summed E-state index contributed by atoms with van der Waals surface area (Å²) in [5.74, 6) is -2.08. The van der Waals surface area contributed by atoms with Crippen LogP contribution in [-0.2, 0) is 6.42 Å². The molecule has 0 saturated heterocycles. The molecule has 0 spiro atoms. The lowest BCUT2D eigenvalue weighted by molar-refractivity contribution is 0.0650. The molecule has 0 saturated carbocycles. The van der Waals surface area contributed by atoms with E-state index < -0.39 is 11.9 Å². The molecule has 4 nitrogen and oxygen atoms in total. The van der Waals surface area contributed by atoms with E-state index in [1.807, 2.05) is 6.07 Å². The second-order valence-corrected chi connectivity index (χ2v) is 9.68. The number of rotatable bonds is 20. The Morgan fingerprint density at radius 3 is 1.55 bits per heavy atom. The number of carboxylic acids is 2. The Labute approximate surface area is 202 Å². The van der Waals surface area contributed by atoms with Crippen molar-refractivity contribution < 1.29 is 19.8 Å². The zero-order valence-electron chi connectivity index (χ0n) is 21.5. The van der Waals surface area contributed by atoms with Gasteiger partial charge in [0.2, 0.25) is 0 Å². The Balaban J connectivity index is 2.34. The summed E-state index contributed by atoms with van der Waals surface area (Å²) < 4.78 is 0. The first kappa shape index (κ1) is 29.2. The smallest absolute Gasteiger partial charge is 0.336 e. The second-order valence-electron chi connectivity index (χ2n) is 9.68. The van der Waals surface area contributed by atoms with E-state index in [0.717, 1.165) is 36.8 Å². The summed E-state index contributed by atoms with van der Waals surface area (Å²) in [6.07, 6.45) is 20.9. The summed E-state index contributed by atoms with van der Waals surface area (Å²) in [4.78, 5) is 23.5. The number of hydrogen-bond acceptors (Lipinski definition) is 2. The third-order valence-electron chi connectivity index (χ3n) is 6.97. The van der Waals surface area contributed by atoms with E-state index in [1.54, 1.807) is 0 Å². The molecule has 33 heavy (non-hydrogen) atoms. The molecule has 1 aromatic carbocycles. The molecule has 0 aliphatic rings. The molecule has 1 atom stereocenters. The predicted molar refractivity (Wildman–Crippen MR) is 138 cm³/mol. The average molecular weight is 461 g/mol. The van der Waals surface area contributed by atoms with Gasteiger partial charge in [0.1, 0.15) is 0 Å². The van der Waals surface area contributed by atoms with Crippen LogP contribution in [0.1, 0.15) is 161 Å². The summed E-state index contributed by atoms with van der Waals surface area (Å²) in [5.41, 5.74) is 1.62. The quantitative estimate of drug-likeness (QED) is 0.190. The van der Waals surface area contributed by atoms with Crippen molar-refractivity contribution in [2.24, 2.45) is 0 Å². The van der Waals surface area contributed by atoms with E-state index in [-0.39, 0.29) is 17.0 Å². The van der Waals surface area contributed by atoms with E-state index in [2.05, 4.69) is 20.8 Å². The van der Waals surface area contributed by atoms with Crippen LogP contribution in [0.15, 0.2) is 12.1 Å². The van der Waals surface area contributed by atoms with Gasteiger partial charge in [-0.3, -0.25) is 0 Å². The highest BCUT2D eigenvalue weighted by molar-refractivity contribution is 6.03. The van der Waals surface area contributed by atoms with Gasteiger partial charge in [0.05, 0.1) is 11.1 Å². The van der Waals surface area contributed by atoms with Crippen molar-refractivity contribution in [3.05, 3.63) is 34.4 Å². The normalized spacial score (nSPS) is 12.1. The molecule has 0 aromatic heterocycles. The molecule has 0 fully saturated rings. The molecule has 188 valence electrons. The van der Waals surface area contributed by atoms with Crippen LogP contribution in [0, 0.1) is 0 Å². The molecule has 1 rings (SSSR count). The first-order valence-corrected chi connectivity index (χ1v) is 13.6. The van der Waals surface area contributed by atoms with E-state index in [0.29, 0.717) is 6.42 Å². The Hall–Kier alpha value is -1.84. The monoisotopic (exact) mass is 460 g/mol. The van der Waals surface area contributed by atoms with Gasteiger partial charge in [-0.2, -0.15) is 0 Å². The second kappa shape index (κ2) is 17.6. The maximum Gasteiger partial charge on any atom is 0.336 e. The standard InChI is InChI=1S/C29H48O4/c1-4-6-7-8-9-10-11-12-13-14-15-16-17-18-19-20-25-24(23(3)5-2)21-22-26(28(30)31)27(25)29(32)33/h21-23H,4-20H2,1-3H3,(H,30,31)(H,32,33). The van der Waals surface area contributed by atoms with Crippen LogP contribution >= 0.6 is 0 Å². The Kier molecular flexibility index (Phi) is 15.6. The molecule has 1 aromatic rings. The SMILES string of the molecule is CCCCCCCCCCCCCCCCCc1c(C(C)CC)ccc(C(=O)O)c1C(=O)O. The zero-order chi connectivity index (χ0) is 24.5. The van der Waals surface area contributed by atoms with Crippen molar-refractivity contribution in [2.75, 3.05) is 0 Å². The first-order chi connectivity index (χ1) is 15.9. The van der Waals surface area contributed by atoms with Crippen molar-refractivity contribution in [2.45, 2.75) is 136 Å². The molecule has 0 bridgehead atoms. The maximum absolute atomic E-state index is 11.9. The fourth-order valence-corrected chi connectivity index (χ4v) is 4.71. The van der Waals surface area contributed by atoms with Crippen LogP contribution in [0.5, 0.6) is 0 Å². The Morgan fingerprint density at radius 2 is 1.15 bits per heavy atom. The Morgan fingerprint density at radius 1 is 0.697 bits per heavy atom. The van der Waals surface area contributed by atoms with E-state index in [4.69, 9.17) is 0 Å². The number of unbranched alkanes of at least 4 members (excludes halogenated alkanes) is 14. The summed E-state index contributed by atoms with van der Waals surface area (Å²) in [5, 5.41) is 19.2. The highest BCUT2D eigenvalue weighted by Crippen LogP contribution is 2.30. The van der Waals surface area contributed by atoms with Gasteiger partial charge in [-0.25, -0.2) is 9.59 Å². The van der Waals surface area contributed by atoms with Crippen molar-refractivity contribution in [1.29, 1.82) is 0 Å². The maximum atomic E-state index is 11.9. The van der Waals surface area contributed by atoms with E-state index >= 15 is 0 Å². The van der Waals surface area contributed by atoms with Gasteiger partial charge in [-0.15, -0.1) is 0 Å². The molecule has 0 heterocycles. The minimum Gasteiger partial charge on any atom is -0.478 e. The third-order valence-corrected chi connectivity index (χ3v) is 6.97. The molecule has 1 unspecified atom stereocenters. The number of carboxylic acid groups (broad SMARTS) is 2. The van der Waals surface area contributed by atoms with Crippen molar-refractivity contribution in [3.8, 4) is 0 Å².